The van der Waals surface area contributed by atoms with Crippen LogP contribution in [0.4, 0.5) is 0 Å². The van der Waals surface area contributed by atoms with Gasteiger partial charge in [-0.15, -0.1) is 0 Å². The van der Waals surface area contributed by atoms with Crippen molar-refractivity contribution in [1.29, 1.82) is 0 Å². The molecule has 2 aromatic carbocycles. The predicted octanol–water partition coefficient (Wildman–Crippen LogP) is 5.52. The van der Waals surface area contributed by atoms with Gasteiger partial charge in [0.1, 0.15) is 11.8 Å². The summed E-state index contributed by atoms with van der Waals surface area (Å²) in [6, 6.07) is 12.7. The Morgan fingerprint density at radius 1 is 1.19 bits per heavy atom. The first-order valence-corrected chi connectivity index (χ1v) is 12.3. The lowest BCUT2D eigenvalue weighted by Gasteiger charge is -2.29. The van der Waals surface area contributed by atoms with E-state index in [0.29, 0.717) is 10.8 Å². The normalized spacial score (nSPS) is 14.8. The average molecular weight is 522 g/mol. The van der Waals surface area contributed by atoms with Gasteiger partial charge < -0.3 is 15.0 Å². The van der Waals surface area contributed by atoms with Gasteiger partial charge in [-0.3, -0.25) is 9.59 Å². The zero-order chi connectivity index (χ0) is 23.1. The molecule has 0 bridgehead atoms. The van der Waals surface area contributed by atoms with Crippen molar-refractivity contribution in [2.75, 3.05) is 6.61 Å². The van der Waals surface area contributed by atoms with Crippen molar-refractivity contribution in [1.82, 2.24) is 10.2 Å². The number of halogens is 2. The summed E-state index contributed by atoms with van der Waals surface area (Å²) in [6.07, 6.45) is 5.16. The lowest BCUT2D eigenvalue weighted by molar-refractivity contribution is -0.142. The van der Waals surface area contributed by atoms with E-state index in [1.54, 1.807) is 17.9 Å². The summed E-state index contributed by atoms with van der Waals surface area (Å²) < 4.78 is 6.61. The summed E-state index contributed by atoms with van der Waals surface area (Å²) in [5.74, 6) is 0.201. The van der Waals surface area contributed by atoms with Crippen LogP contribution in [-0.4, -0.2) is 35.4 Å². The number of aryl methyl sites for hydroxylation is 1. The SMILES string of the molecule is CCc1ccc(OCC(=O)N(Cc2cccc(Cl)c2)C(C)C(=O)NC2CCCC2)c(Br)c1. The van der Waals surface area contributed by atoms with Crippen molar-refractivity contribution < 1.29 is 14.3 Å². The van der Waals surface area contributed by atoms with Crippen LogP contribution in [0.25, 0.3) is 0 Å². The number of carbonyl (C=O) groups is 2. The third-order valence-electron chi connectivity index (χ3n) is 5.87. The van der Waals surface area contributed by atoms with Gasteiger partial charge in [-0.2, -0.15) is 0 Å². The van der Waals surface area contributed by atoms with Gasteiger partial charge in [0.2, 0.25) is 5.91 Å². The summed E-state index contributed by atoms with van der Waals surface area (Å²) in [4.78, 5) is 27.7. The Morgan fingerprint density at radius 2 is 1.94 bits per heavy atom. The van der Waals surface area contributed by atoms with E-state index in [0.717, 1.165) is 42.1 Å². The zero-order valence-corrected chi connectivity index (χ0v) is 20.9. The summed E-state index contributed by atoms with van der Waals surface area (Å²) in [6.45, 7) is 3.96. The Kier molecular flexibility index (Phi) is 9.00. The molecule has 172 valence electrons. The van der Waals surface area contributed by atoms with Crippen LogP contribution >= 0.6 is 27.5 Å². The molecule has 0 saturated heterocycles. The summed E-state index contributed by atoms with van der Waals surface area (Å²) in [5.41, 5.74) is 2.04. The zero-order valence-electron chi connectivity index (χ0n) is 18.6. The second-order valence-corrected chi connectivity index (χ2v) is 9.52. The molecule has 1 aliphatic carbocycles. The molecule has 5 nitrogen and oxygen atoms in total. The topological polar surface area (TPSA) is 58.6 Å². The minimum absolute atomic E-state index is 0.138. The van der Waals surface area contributed by atoms with E-state index in [-0.39, 0.29) is 31.0 Å². The molecule has 1 aliphatic rings. The molecule has 3 rings (SSSR count). The highest BCUT2D eigenvalue weighted by molar-refractivity contribution is 9.10. The molecule has 2 aromatic rings. The maximum Gasteiger partial charge on any atom is 0.261 e. The Hall–Kier alpha value is -2.05. The van der Waals surface area contributed by atoms with Crippen molar-refractivity contribution in [2.45, 2.75) is 64.6 Å². The Morgan fingerprint density at radius 3 is 2.59 bits per heavy atom. The minimum atomic E-state index is -0.628. The highest BCUT2D eigenvalue weighted by Crippen LogP contribution is 2.26. The second-order valence-electron chi connectivity index (χ2n) is 8.22. The molecular formula is C25H30BrClN2O3. The van der Waals surface area contributed by atoms with E-state index in [1.807, 2.05) is 36.4 Å². The smallest absolute Gasteiger partial charge is 0.261 e. The van der Waals surface area contributed by atoms with Gasteiger partial charge in [0.15, 0.2) is 6.61 Å². The fraction of sp³-hybridized carbons (Fsp3) is 0.440. The lowest BCUT2D eigenvalue weighted by atomic mass is 10.1. The van der Waals surface area contributed by atoms with Gasteiger partial charge >= 0.3 is 0 Å². The van der Waals surface area contributed by atoms with E-state index in [1.165, 1.54) is 5.56 Å². The molecule has 0 radical (unpaired) electrons. The van der Waals surface area contributed by atoms with E-state index >= 15 is 0 Å². The number of hydrogen-bond acceptors (Lipinski definition) is 3. The quantitative estimate of drug-likeness (QED) is 0.473. The van der Waals surface area contributed by atoms with Crippen LogP contribution in [0.3, 0.4) is 0 Å². The molecule has 1 saturated carbocycles. The van der Waals surface area contributed by atoms with Crippen LogP contribution < -0.4 is 10.1 Å². The molecule has 0 aliphatic heterocycles. The highest BCUT2D eigenvalue weighted by atomic mass is 79.9. The van der Waals surface area contributed by atoms with Crippen LogP contribution in [-0.2, 0) is 22.6 Å². The number of rotatable bonds is 9. The van der Waals surface area contributed by atoms with Crippen LogP contribution in [0.5, 0.6) is 5.75 Å². The number of hydrogen-bond donors (Lipinski definition) is 1. The Labute approximate surface area is 203 Å². The maximum atomic E-state index is 13.2. The fourth-order valence-corrected chi connectivity index (χ4v) is 4.66. The van der Waals surface area contributed by atoms with E-state index in [4.69, 9.17) is 16.3 Å². The Bertz CT molecular complexity index is 947. The largest absolute Gasteiger partial charge is 0.483 e. The highest BCUT2D eigenvalue weighted by Gasteiger charge is 2.29. The predicted molar refractivity (Wildman–Crippen MR) is 131 cm³/mol. The van der Waals surface area contributed by atoms with E-state index in [9.17, 15) is 9.59 Å². The van der Waals surface area contributed by atoms with Gasteiger partial charge in [0.05, 0.1) is 4.47 Å². The van der Waals surface area contributed by atoms with Crippen LogP contribution in [0.1, 0.15) is 50.7 Å². The molecule has 1 unspecified atom stereocenters. The molecular weight excluding hydrogens is 492 g/mol. The fourth-order valence-electron chi connectivity index (χ4n) is 3.91. The molecule has 32 heavy (non-hydrogen) atoms. The molecule has 7 heteroatoms. The maximum absolute atomic E-state index is 13.2. The van der Waals surface area contributed by atoms with Crippen molar-refractivity contribution >= 4 is 39.3 Å². The number of amides is 2. The van der Waals surface area contributed by atoms with Crippen molar-refractivity contribution in [2.24, 2.45) is 0 Å². The van der Waals surface area contributed by atoms with Crippen LogP contribution in [0.15, 0.2) is 46.9 Å². The second kappa shape index (κ2) is 11.7. The van der Waals surface area contributed by atoms with Gasteiger partial charge in [-0.05, 0) is 77.5 Å². The molecule has 1 atom stereocenters. The third kappa shape index (κ3) is 6.72. The lowest BCUT2D eigenvalue weighted by Crippen LogP contribution is -2.50. The first-order chi connectivity index (χ1) is 15.4. The molecule has 1 fully saturated rings. The third-order valence-corrected chi connectivity index (χ3v) is 6.72. The molecule has 0 aromatic heterocycles. The summed E-state index contributed by atoms with van der Waals surface area (Å²) >= 11 is 9.64. The molecule has 2 amide bonds. The van der Waals surface area contributed by atoms with E-state index in [2.05, 4.69) is 28.2 Å². The van der Waals surface area contributed by atoms with Crippen molar-refractivity contribution in [3.63, 3.8) is 0 Å². The van der Waals surface area contributed by atoms with Gasteiger partial charge in [0, 0.05) is 17.6 Å². The average Bonchev–Trinajstić information content (AvgIpc) is 3.29. The van der Waals surface area contributed by atoms with Gasteiger partial charge in [-0.1, -0.05) is 49.6 Å². The minimum Gasteiger partial charge on any atom is -0.483 e. The molecule has 0 spiro atoms. The monoisotopic (exact) mass is 520 g/mol. The number of ether oxygens (including phenoxy) is 1. The van der Waals surface area contributed by atoms with Crippen molar-refractivity contribution in [3.05, 3.63) is 63.1 Å². The molecule has 1 N–H and O–H groups in total. The Balaban J connectivity index is 1.72. The number of nitrogens with zero attached hydrogens (tertiary/aromatic N) is 1. The first-order valence-electron chi connectivity index (χ1n) is 11.1. The number of benzene rings is 2. The number of nitrogens with one attached hydrogen (secondary N) is 1. The van der Waals surface area contributed by atoms with Gasteiger partial charge in [-0.25, -0.2) is 0 Å². The first kappa shape index (κ1) is 24.6. The number of carbonyl (C=O) groups excluding carboxylic acids is 2. The van der Waals surface area contributed by atoms with E-state index < -0.39 is 6.04 Å². The summed E-state index contributed by atoms with van der Waals surface area (Å²) in [5, 5.41) is 3.69. The van der Waals surface area contributed by atoms with Crippen molar-refractivity contribution in [3.8, 4) is 5.75 Å². The van der Waals surface area contributed by atoms with Crippen LogP contribution in [0.2, 0.25) is 5.02 Å². The standard InChI is InChI=1S/C25H30BrClN2O3/c1-3-18-11-12-23(22(26)14-18)32-16-24(30)29(15-19-7-6-8-20(27)13-19)17(2)25(31)28-21-9-4-5-10-21/h6-8,11-14,17,21H,3-5,9-10,15-16H2,1-2H3,(H,28,31). The van der Waals surface area contributed by atoms with Crippen LogP contribution in [0, 0.1) is 0 Å². The van der Waals surface area contributed by atoms with Gasteiger partial charge in [0.25, 0.3) is 5.91 Å². The molecule has 0 heterocycles. The summed E-state index contributed by atoms with van der Waals surface area (Å²) in [7, 11) is 0.